The highest BCUT2D eigenvalue weighted by Crippen LogP contribution is 2.19. The van der Waals surface area contributed by atoms with Crippen LogP contribution in [-0.4, -0.2) is 19.1 Å². The minimum atomic E-state index is 0.271. The molecule has 0 unspecified atom stereocenters. The van der Waals surface area contributed by atoms with Crippen molar-refractivity contribution < 1.29 is 0 Å². The van der Waals surface area contributed by atoms with Crippen molar-refractivity contribution in [3.05, 3.63) is 47.3 Å². The van der Waals surface area contributed by atoms with Gasteiger partial charge in [0.25, 0.3) is 0 Å². The van der Waals surface area contributed by atoms with Gasteiger partial charge < -0.3 is 9.13 Å². The van der Waals surface area contributed by atoms with E-state index in [1.165, 1.54) is 0 Å². The van der Waals surface area contributed by atoms with Crippen molar-refractivity contribution >= 4 is 22.6 Å². The summed E-state index contributed by atoms with van der Waals surface area (Å²) in [7, 11) is 1.87. The highest BCUT2D eigenvalue weighted by molar-refractivity contribution is 6.29. The number of aromatic nitrogens is 4. The average molecular weight is 286 g/mol. The van der Waals surface area contributed by atoms with E-state index in [1.54, 1.807) is 6.20 Å². The van der Waals surface area contributed by atoms with Crippen molar-refractivity contribution in [2.75, 3.05) is 0 Å². The van der Waals surface area contributed by atoms with E-state index in [0.717, 1.165) is 22.7 Å². The van der Waals surface area contributed by atoms with E-state index in [9.17, 15) is 0 Å². The van der Waals surface area contributed by atoms with Crippen molar-refractivity contribution in [3.63, 3.8) is 0 Å². The second-order valence-corrected chi connectivity index (χ2v) is 4.88. The monoisotopic (exact) mass is 285 g/mol. The minimum absolute atomic E-state index is 0.271. The number of para-hydroxylation sites is 2. The highest BCUT2D eigenvalue weighted by Gasteiger charge is 2.13. The Kier molecular flexibility index (Phi) is 3.17. The van der Waals surface area contributed by atoms with Crippen LogP contribution in [0.2, 0.25) is 5.15 Å². The van der Waals surface area contributed by atoms with E-state index >= 15 is 0 Å². The molecule has 3 aromatic rings. The molecule has 0 bridgehead atoms. The van der Waals surface area contributed by atoms with Gasteiger partial charge in [-0.25, -0.2) is 9.97 Å². The fourth-order valence-electron chi connectivity index (χ4n) is 2.22. The van der Waals surface area contributed by atoms with E-state index in [-0.39, 0.29) is 6.42 Å². The Labute approximate surface area is 121 Å². The van der Waals surface area contributed by atoms with Gasteiger partial charge in [0.05, 0.1) is 36.3 Å². The number of hydrogen-bond donors (Lipinski definition) is 0. The van der Waals surface area contributed by atoms with Gasteiger partial charge in [0.1, 0.15) is 16.8 Å². The Hall–Kier alpha value is -2.32. The molecular weight excluding hydrogens is 274 g/mol. The maximum atomic E-state index is 8.95. The van der Waals surface area contributed by atoms with Crippen LogP contribution in [0, 0.1) is 11.3 Å². The maximum absolute atomic E-state index is 8.95. The molecular formula is C14H12ClN5. The molecule has 2 heterocycles. The number of nitriles is 1. The van der Waals surface area contributed by atoms with Gasteiger partial charge in [0, 0.05) is 7.05 Å². The molecule has 0 saturated heterocycles. The largest absolute Gasteiger partial charge is 0.321 e. The van der Waals surface area contributed by atoms with Crippen LogP contribution in [0.5, 0.6) is 0 Å². The van der Waals surface area contributed by atoms with Crippen LogP contribution < -0.4 is 0 Å². The van der Waals surface area contributed by atoms with E-state index < -0.39 is 0 Å². The normalized spacial score (nSPS) is 10.8. The summed E-state index contributed by atoms with van der Waals surface area (Å²) in [5, 5.41) is 9.54. The standard InChI is InChI=1S/C14H12ClN5/c1-19-12(15)8-17-14(19)9-20-11-5-3-2-4-10(11)18-13(20)6-7-16/h2-5,8H,6,9H2,1H3. The molecule has 0 aliphatic carbocycles. The summed E-state index contributed by atoms with van der Waals surface area (Å²) < 4.78 is 3.84. The van der Waals surface area contributed by atoms with Crippen LogP contribution in [-0.2, 0) is 20.0 Å². The van der Waals surface area contributed by atoms with Gasteiger partial charge in [-0.3, -0.25) is 0 Å². The number of halogens is 1. The molecule has 0 N–H and O–H groups in total. The first-order valence-corrected chi connectivity index (χ1v) is 6.55. The van der Waals surface area contributed by atoms with Crippen molar-refractivity contribution in [3.8, 4) is 6.07 Å². The molecule has 20 heavy (non-hydrogen) atoms. The van der Waals surface area contributed by atoms with E-state index in [2.05, 4.69) is 16.0 Å². The third-order valence-electron chi connectivity index (χ3n) is 3.30. The molecule has 0 aliphatic heterocycles. The second-order valence-electron chi connectivity index (χ2n) is 4.49. The summed E-state index contributed by atoms with van der Waals surface area (Å²) in [5.74, 6) is 1.57. The minimum Gasteiger partial charge on any atom is -0.321 e. The van der Waals surface area contributed by atoms with Gasteiger partial charge in [0.15, 0.2) is 0 Å². The number of hydrogen-bond acceptors (Lipinski definition) is 3. The topological polar surface area (TPSA) is 59.4 Å². The summed E-state index contributed by atoms with van der Waals surface area (Å²) in [6, 6.07) is 9.99. The molecule has 5 nitrogen and oxygen atoms in total. The molecule has 0 radical (unpaired) electrons. The van der Waals surface area contributed by atoms with Crippen molar-refractivity contribution in [1.82, 2.24) is 19.1 Å². The molecule has 0 spiro atoms. The first-order valence-electron chi connectivity index (χ1n) is 6.18. The molecule has 1 aromatic carbocycles. The number of nitrogens with zero attached hydrogens (tertiary/aromatic N) is 5. The van der Waals surface area contributed by atoms with Gasteiger partial charge in [-0.15, -0.1) is 0 Å². The van der Waals surface area contributed by atoms with Gasteiger partial charge in [-0.1, -0.05) is 23.7 Å². The number of fused-ring (bicyclic) bond motifs is 1. The van der Waals surface area contributed by atoms with Gasteiger partial charge in [-0.2, -0.15) is 5.26 Å². The quantitative estimate of drug-likeness (QED) is 0.743. The van der Waals surface area contributed by atoms with Crippen LogP contribution >= 0.6 is 11.6 Å². The summed E-state index contributed by atoms with van der Waals surface area (Å²) in [6.45, 7) is 0.542. The van der Waals surface area contributed by atoms with Crippen LogP contribution in [0.4, 0.5) is 0 Å². The highest BCUT2D eigenvalue weighted by atomic mass is 35.5. The Morgan fingerprint density at radius 2 is 2.10 bits per heavy atom. The smallest absolute Gasteiger partial charge is 0.129 e. The number of benzene rings is 1. The third-order valence-corrected chi connectivity index (χ3v) is 3.65. The van der Waals surface area contributed by atoms with Crippen LogP contribution in [0.15, 0.2) is 30.5 Å². The Morgan fingerprint density at radius 3 is 2.80 bits per heavy atom. The van der Waals surface area contributed by atoms with Crippen molar-refractivity contribution in [2.45, 2.75) is 13.0 Å². The molecule has 3 rings (SSSR count). The first kappa shape index (κ1) is 12.7. The van der Waals surface area contributed by atoms with Crippen LogP contribution in [0.3, 0.4) is 0 Å². The molecule has 0 aliphatic rings. The van der Waals surface area contributed by atoms with Crippen molar-refractivity contribution in [2.24, 2.45) is 7.05 Å². The zero-order valence-corrected chi connectivity index (χ0v) is 11.7. The molecule has 0 saturated carbocycles. The van der Waals surface area contributed by atoms with Gasteiger partial charge >= 0.3 is 0 Å². The summed E-state index contributed by atoms with van der Waals surface area (Å²) in [5.41, 5.74) is 1.88. The average Bonchev–Trinajstić information content (AvgIpc) is 2.95. The zero-order valence-electron chi connectivity index (χ0n) is 10.9. The second kappa shape index (κ2) is 4.99. The predicted molar refractivity (Wildman–Crippen MR) is 76.4 cm³/mol. The lowest BCUT2D eigenvalue weighted by molar-refractivity contribution is 0.689. The molecule has 6 heteroatoms. The molecule has 2 aromatic heterocycles. The molecule has 100 valence electrons. The number of rotatable bonds is 3. The maximum Gasteiger partial charge on any atom is 0.129 e. The third kappa shape index (κ3) is 2.04. The molecule has 0 fully saturated rings. The lowest BCUT2D eigenvalue weighted by Gasteiger charge is -2.08. The SMILES string of the molecule is Cn1c(Cl)cnc1Cn1c(CC#N)nc2ccccc21. The number of imidazole rings is 2. The van der Waals surface area contributed by atoms with Crippen LogP contribution in [0.1, 0.15) is 11.6 Å². The summed E-state index contributed by atoms with van der Waals surface area (Å²) >= 11 is 6.01. The van der Waals surface area contributed by atoms with Crippen molar-refractivity contribution in [1.29, 1.82) is 5.26 Å². The summed E-state index contributed by atoms with van der Waals surface area (Å²) in [6.07, 6.45) is 1.90. The predicted octanol–water partition coefficient (Wildman–Crippen LogP) is 2.54. The van der Waals surface area contributed by atoms with E-state index in [1.807, 2.05) is 40.4 Å². The Bertz CT molecular complexity index is 809. The first-order chi connectivity index (χ1) is 9.70. The lowest BCUT2D eigenvalue weighted by Crippen LogP contribution is -2.09. The lowest BCUT2D eigenvalue weighted by atomic mass is 10.3. The van der Waals surface area contributed by atoms with E-state index in [4.69, 9.17) is 16.9 Å². The summed E-state index contributed by atoms with van der Waals surface area (Å²) in [4.78, 5) is 8.80. The molecule has 0 amide bonds. The van der Waals surface area contributed by atoms with E-state index in [0.29, 0.717) is 11.7 Å². The Balaban J connectivity index is 2.11. The molecule has 0 atom stereocenters. The Morgan fingerprint density at radius 1 is 1.30 bits per heavy atom. The van der Waals surface area contributed by atoms with Gasteiger partial charge in [-0.05, 0) is 12.1 Å². The zero-order chi connectivity index (χ0) is 14.1. The van der Waals surface area contributed by atoms with Crippen LogP contribution in [0.25, 0.3) is 11.0 Å². The fraction of sp³-hybridized carbons (Fsp3) is 0.214. The fourth-order valence-corrected chi connectivity index (χ4v) is 2.37. The van der Waals surface area contributed by atoms with Gasteiger partial charge in [0.2, 0.25) is 0 Å².